The maximum absolute atomic E-state index is 12.6. The number of nitrogens with zero attached hydrogens (tertiary/aromatic N) is 3. The molecule has 0 saturated heterocycles. The van der Waals surface area contributed by atoms with Gasteiger partial charge in [0.1, 0.15) is 28.9 Å². The Kier molecular flexibility index (Phi) is 9.44. The molecule has 9 nitrogen and oxygen atoms in total. The van der Waals surface area contributed by atoms with Gasteiger partial charge in [-0.1, -0.05) is 36.4 Å². The van der Waals surface area contributed by atoms with E-state index < -0.39 is 17.7 Å². The fourth-order valence-corrected chi connectivity index (χ4v) is 4.70. The van der Waals surface area contributed by atoms with Gasteiger partial charge in [-0.2, -0.15) is 0 Å². The molecule has 0 fully saturated rings. The van der Waals surface area contributed by atoms with E-state index in [1.165, 1.54) is 11.3 Å². The largest absolute Gasteiger partial charge is 0.461 e. The van der Waals surface area contributed by atoms with Crippen molar-refractivity contribution in [2.45, 2.75) is 58.8 Å². The van der Waals surface area contributed by atoms with Gasteiger partial charge in [0.25, 0.3) is 0 Å². The highest BCUT2D eigenvalue weighted by Gasteiger charge is 2.24. The van der Waals surface area contributed by atoms with E-state index >= 15 is 0 Å². The molecule has 0 aliphatic rings. The third-order valence-electron chi connectivity index (χ3n) is 5.57. The minimum absolute atomic E-state index is 0.101. The molecule has 4 aromatic rings. The molecule has 1 amide bonds. The molecule has 1 atom stereocenters. The smallest absolute Gasteiger partial charge is 0.408 e. The van der Waals surface area contributed by atoms with Gasteiger partial charge in [0, 0.05) is 18.8 Å². The van der Waals surface area contributed by atoms with Crippen LogP contribution >= 0.6 is 11.3 Å². The maximum Gasteiger partial charge on any atom is 0.408 e. The SMILES string of the molecule is Cc1ccnc(Nc2cccc(-c3cnc([C@H](CCC(=O)OCc4ccccc4)NC(=O)OC(C)(C)C)s3)n2)c1. The summed E-state index contributed by atoms with van der Waals surface area (Å²) < 4.78 is 10.9. The summed E-state index contributed by atoms with van der Waals surface area (Å²) in [7, 11) is 0. The number of hydrogen-bond donors (Lipinski definition) is 2. The fourth-order valence-electron chi connectivity index (χ4n) is 3.72. The van der Waals surface area contributed by atoms with Crippen LogP contribution < -0.4 is 10.6 Å². The number of carbonyl (C=O) groups is 2. The number of alkyl carbamates (subject to hydrolysis) is 1. The van der Waals surface area contributed by atoms with Crippen molar-refractivity contribution in [3.05, 3.63) is 89.2 Å². The second kappa shape index (κ2) is 13.2. The summed E-state index contributed by atoms with van der Waals surface area (Å²) in [6.45, 7) is 7.58. The van der Waals surface area contributed by atoms with Crippen molar-refractivity contribution in [3.63, 3.8) is 0 Å². The first-order valence-corrected chi connectivity index (χ1v) is 13.8. The zero-order valence-electron chi connectivity index (χ0n) is 23.0. The lowest BCUT2D eigenvalue weighted by Crippen LogP contribution is -2.35. The minimum Gasteiger partial charge on any atom is -0.461 e. The number of ether oxygens (including phenoxy) is 2. The molecule has 3 heterocycles. The Morgan fingerprint density at radius 1 is 1.00 bits per heavy atom. The number of esters is 1. The Labute approximate surface area is 238 Å². The third-order valence-corrected chi connectivity index (χ3v) is 6.70. The van der Waals surface area contributed by atoms with E-state index in [0.29, 0.717) is 23.1 Å². The molecule has 10 heteroatoms. The molecule has 1 aromatic carbocycles. The summed E-state index contributed by atoms with van der Waals surface area (Å²) in [6, 6.07) is 18.5. The van der Waals surface area contributed by atoms with Crippen molar-refractivity contribution in [1.82, 2.24) is 20.3 Å². The number of anilines is 2. The van der Waals surface area contributed by atoms with Crippen LogP contribution in [0.3, 0.4) is 0 Å². The Morgan fingerprint density at radius 2 is 1.80 bits per heavy atom. The van der Waals surface area contributed by atoms with Crippen LogP contribution in [0.5, 0.6) is 0 Å². The lowest BCUT2D eigenvalue weighted by molar-refractivity contribution is -0.145. The first-order chi connectivity index (χ1) is 19.1. The molecule has 208 valence electrons. The number of benzene rings is 1. The molecular formula is C30H33N5O4S. The number of rotatable bonds is 10. The summed E-state index contributed by atoms with van der Waals surface area (Å²) in [6.07, 6.45) is 3.28. The standard InChI is InChI=1S/C30H33N5O4S/c1-20-15-16-31-26(17-20)35-25-12-8-11-22(33-25)24-18-32-28(40-24)23(34-29(37)39-30(2,3)4)13-14-27(36)38-19-21-9-6-5-7-10-21/h5-12,15-18,23H,13-14,19H2,1-4H3,(H,34,37)(H,31,33,35)/t23-/m0/s1. The molecule has 0 radical (unpaired) electrons. The highest BCUT2D eigenvalue weighted by atomic mass is 32.1. The van der Waals surface area contributed by atoms with E-state index in [1.807, 2.05) is 67.6 Å². The molecule has 4 rings (SSSR count). The van der Waals surface area contributed by atoms with Gasteiger partial charge in [0.05, 0.1) is 16.6 Å². The van der Waals surface area contributed by atoms with Crippen LogP contribution in [0.25, 0.3) is 10.6 Å². The van der Waals surface area contributed by atoms with Crippen molar-refractivity contribution in [2.75, 3.05) is 5.32 Å². The molecule has 3 aromatic heterocycles. The van der Waals surface area contributed by atoms with E-state index in [1.54, 1.807) is 33.2 Å². The van der Waals surface area contributed by atoms with Gasteiger partial charge in [0.15, 0.2) is 0 Å². The molecule has 40 heavy (non-hydrogen) atoms. The average molecular weight is 560 g/mol. The quantitative estimate of drug-likeness (QED) is 0.205. The van der Waals surface area contributed by atoms with Crippen LogP contribution in [0.2, 0.25) is 0 Å². The lowest BCUT2D eigenvalue weighted by atomic mass is 10.1. The third kappa shape index (κ3) is 8.88. The van der Waals surface area contributed by atoms with Crippen molar-refractivity contribution >= 4 is 35.0 Å². The molecule has 0 bridgehead atoms. The van der Waals surface area contributed by atoms with E-state index in [0.717, 1.165) is 21.7 Å². The first kappa shape index (κ1) is 28.7. The Morgan fingerprint density at radius 3 is 2.55 bits per heavy atom. The number of thiazole rings is 1. The number of aryl methyl sites for hydroxylation is 1. The monoisotopic (exact) mass is 559 g/mol. The Balaban J connectivity index is 1.46. The lowest BCUT2D eigenvalue weighted by Gasteiger charge is -2.22. The van der Waals surface area contributed by atoms with Crippen LogP contribution in [-0.2, 0) is 20.9 Å². The van der Waals surface area contributed by atoms with Crippen LogP contribution in [-0.4, -0.2) is 32.6 Å². The molecule has 2 N–H and O–H groups in total. The molecule has 0 unspecified atom stereocenters. The second-order valence-electron chi connectivity index (χ2n) is 10.2. The van der Waals surface area contributed by atoms with Crippen molar-refractivity contribution in [3.8, 4) is 10.6 Å². The second-order valence-corrected chi connectivity index (χ2v) is 11.3. The fraction of sp³-hybridized carbons (Fsp3) is 0.300. The highest BCUT2D eigenvalue weighted by Crippen LogP contribution is 2.31. The highest BCUT2D eigenvalue weighted by molar-refractivity contribution is 7.15. The molecule has 0 aliphatic heterocycles. The van der Waals surface area contributed by atoms with E-state index in [2.05, 4.69) is 20.6 Å². The summed E-state index contributed by atoms with van der Waals surface area (Å²) in [5.74, 6) is 0.993. The average Bonchev–Trinajstić information content (AvgIpc) is 3.40. The zero-order valence-corrected chi connectivity index (χ0v) is 23.8. The Hall–Kier alpha value is -4.31. The normalized spacial score (nSPS) is 11.9. The predicted molar refractivity (Wildman–Crippen MR) is 155 cm³/mol. The van der Waals surface area contributed by atoms with Crippen LogP contribution in [0.4, 0.5) is 16.4 Å². The van der Waals surface area contributed by atoms with Gasteiger partial charge in [-0.15, -0.1) is 11.3 Å². The van der Waals surface area contributed by atoms with Crippen LogP contribution in [0.15, 0.2) is 73.1 Å². The number of nitrogens with one attached hydrogen (secondary N) is 2. The zero-order chi connectivity index (χ0) is 28.5. The van der Waals surface area contributed by atoms with Gasteiger partial charge in [-0.05, 0) is 69.5 Å². The van der Waals surface area contributed by atoms with Crippen LogP contribution in [0.1, 0.15) is 55.8 Å². The van der Waals surface area contributed by atoms with E-state index in [-0.39, 0.29) is 19.0 Å². The molecule has 0 aliphatic carbocycles. The molecule has 0 saturated carbocycles. The number of carbonyl (C=O) groups excluding carboxylic acids is 2. The molecular weight excluding hydrogens is 526 g/mol. The molecule has 0 spiro atoms. The number of amides is 1. The summed E-state index contributed by atoms with van der Waals surface area (Å²) >= 11 is 1.39. The van der Waals surface area contributed by atoms with Gasteiger partial charge >= 0.3 is 12.1 Å². The van der Waals surface area contributed by atoms with Crippen LogP contribution in [0, 0.1) is 6.92 Å². The number of pyridine rings is 2. The Bertz CT molecular complexity index is 1440. The summed E-state index contributed by atoms with van der Waals surface area (Å²) in [4.78, 5) is 39.5. The van der Waals surface area contributed by atoms with Crippen molar-refractivity contribution in [1.29, 1.82) is 0 Å². The van der Waals surface area contributed by atoms with Gasteiger partial charge < -0.3 is 20.1 Å². The topological polar surface area (TPSA) is 115 Å². The van der Waals surface area contributed by atoms with Crippen molar-refractivity contribution in [2.24, 2.45) is 0 Å². The van der Waals surface area contributed by atoms with Gasteiger partial charge in [0.2, 0.25) is 0 Å². The van der Waals surface area contributed by atoms with Crippen molar-refractivity contribution < 1.29 is 19.1 Å². The maximum atomic E-state index is 12.6. The van der Waals surface area contributed by atoms with Gasteiger partial charge in [-0.3, -0.25) is 4.79 Å². The number of hydrogen-bond acceptors (Lipinski definition) is 9. The summed E-state index contributed by atoms with van der Waals surface area (Å²) in [5, 5.41) is 6.73. The minimum atomic E-state index is -0.666. The van der Waals surface area contributed by atoms with Gasteiger partial charge in [-0.25, -0.2) is 19.7 Å². The summed E-state index contributed by atoms with van der Waals surface area (Å²) in [5.41, 5.74) is 2.06. The first-order valence-electron chi connectivity index (χ1n) is 13.0. The number of aromatic nitrogens is 3. The van der Waals surface area contributed by atoms with E-state index in [9.17, 15) is 9.59 Å². The predicted octanol–water partition coefficient (Wildman–Crippen LogP) is 6.74. The van der Waals surface area contributed by atoms with E-state index in [4.69, 9.17) is 14.5 Å².